The van der Waals surface area contributed by atoms with E-state index in [1.807, 2.05) is 0 Å². The molecular weight excluding hydrogens is 194 g/mol. The van der Waals surface area contributed by atoms with Crippen LogP contribution in [-0.4, -0.2) is 6.04 Å². The molecule has 1 heteroatoms. The van der Waals surface area contributed by atoms with Crippen molar-refractivity contribution in [3.63, 3.8) is 0 Å². The summed E-state index contributed by atoms with van der Waals surface area (Å²) in [5, 5.41) is 0. The van der Waals surface area contributed by atoms with Crippen molar-refractivity contribution < 1.29 is 0 Å². The zero-order valence-corrected chi connectivity index (χ0v) is 10.1. The first-order valence-electron chi connectivity index (χ1n) is 5.97. The van der Waals surface area contributed by atoms with Crippen molar-refractivity contribution in [1.82, 2.24) is 0 Å². The summed E-state index contributed by atoms with van der Waals surface area (Å²) in [4.78, 5) is 0. The van der Waals surface area contributed by atoms with Crippen LogP contribution in [0, 0.1) is 19.3 Å². The quantitative estimate of drug-likeness (QED) is 0.573. The molecule has 86 valence electrons. The lowest BCUT2D eigenvalue weighted by Crippen LogP contribution is -2.20. The largest absolute Gasteiger partial charge is 0.328 e. The average molecular weight is 215 g/mol. The molecule has 1 nitrogen and oxygen atoms in total. The lowest BCUT2D eigenvalue weighted by Gasteiger charge is -2.10. The lowest BCUT2D eigenvalue weighted by atomic mass is 10.0. The molecule has 1 aromatic rings. The number of nitrogens with two attached hydrogens (primary N) is 1. The van der Waals surface area contributed by atoms with E-state index in [1.165, 1.54) is 11.1 Å². The number of rotatable bonds is 6. The Labute approximate surface area is 99.1 Å². The first-order valence-corrected chi connectivity index (χ1v) is 5.97. The molecule has 16 heavy (non-hydrogen) atoms. The fourth-order valence-electron chi connectivity index (χ4n) is 1.83. The zero-order valence-electron chi connectivity index (χ0n) is 10.1. The number of hydrogen-bond acceptors (Lipinski definition) is 1. The van der Waals surface area contributed by atoms with Gasteiger partial charge in [-0.1, -0.05) is 29.8 Å². The lowest BCUT2D eigenvalue weighted by molar-refractivity contribution is 0.551. The third-order valence-electron chi connectivity index (χ3n) is 2.78. The van der Waals surface area contributed by atoms with Crippen LogP contribution in [0.1, 0.15) is 36.8 Å². The van der Waals surface area contributed by atoms with Gasteiger partial charge < -0.3 is 5.73 Å². The number of terminal acetylenes is 1. The van der Waals surface area contributed by atoms with Crippen molar-refractivity contribution in [3.05, 3.63) is 35.4 Å². The summed E-state index contributed by atoms with van der Waals surface area (Å²) in [7, 11) is 0. The molecule has 1 aromatic carbocycles. The maximum absolute atomic E-state index is 6.03. The van der Waals surface area contributed by atoms with Crippen molar-refractivity contribution in [2.45, 2.75) is 45.1 Å². The molecule has 0 bridgehead atoms. The molecule has 1 unspecified atom stereocenters. The minimum Gasteiger partial charge on any atom is -0.328 e. The third kappa shape index (κ3) is 5.00. The van der Waals surface area contributed by atoms with E-state index in [0.29, 0.717) is 0 Å². The van der Waals surface area contributed by atoms with Gasteiger partial charge in [-0.25, -0.2) is 0 Å². The van der Waals surface area contributed by atoms with E-state index in [-0.39, 0.29) is 6.04 Å². The first-order chi connectivity index (χ1) is 7.72. The highest BCUT2D eigenvalue weighted by Gasteiger charge is 2.02. The van der Waals surface area contributed by atoms with Gasteiger partial charge in [0.25, 0.3) is 0 Å². The minimum atomic E-state index is 0.286. The molecular formula is C15H21N. The van der Waals surface area contributed by atoms with Gasteiger partial charge in [-0.2, -0.15) is 0 Å². The molecule has 0 spiro atoms. The highest BCUT2D eigenvalue weighted by molar-refractivity contribution is 5.22. The number of unbranched alkanes of at least 4 members (excludes halogenated alkanes) is 1. The molecule has 0 aromatic heterocycles. The van der Waals surface area contributed by atoms with Crippen molar-refractivity contribution >= 4 is 0 Å². The maximum Gasteiger partial charge on any atom is 0.00866 e. The van der Waals surface area contributed by atoms with Crippen LogP contribution in [0.4, 0.5) is 0 Å². The maximum atomic E-state index is 6.03. The molecule has 0 saturated heterocycles. The van der Waals surface area contributed by atoms with Gasteiger partial charge in [0.15, 0.2) is 0 Å². The third-order valence-corrected chi connectivity index (χ3v) is 2.78. The second-order valence-corrected chi connectivity index (χ2v) is 4.38. The Balaban J connectivity index is 2.26. The normalized spacial score (nSPS) is 12.1. The Hall–Kier alpha value is -1.26. The molecule has 1 rings (SSSR count). The summed E-state index contributed by atoms with van der Waals surface area (Å²) < 4.78 is 0. The van der Waals surface area contributed by atoms with Crippen molar-refractivity contribution in [1.29, 1.82) is 0 Å². The fraction of sp³-hybridized carbons (Fsp3) is 0.467. The number of aryl methyl sites for hydroxylation is 2. The summed E-state index contributed by atoms with van der Waals surface area (Å²) >= 11 is 0. The van der Waals surface area contributed by atoms with E-state index in [2.05, 4.69) is 37.1 Å². The molecule has 0 heterocycles. The van der Waals surface area contributed by atoms with Crippen LogP contribution in [0.5, 0.6) is 0 Å². The first kappa shape index (κ1) is 12.8. The van der Waals surface area contributed by atoms with Crippen molar-refractivity contribution in [2.24, 2.45) is 5.73 Å². The summed E-state index contributed by atoms with van der Waals surface area (Å²) in [6.45, 7) is 2.12. The van der Waals surface area contributed by atoms with Gasteiger partial charge in [0, 0.05) is 12.5 Å². The molecule has 0 aliphatic carbocycles. The van der Waals surface area contributed by atoms with Gasteiger partial charge in [-0.15, -0.1) is 12.3 Å². The van der Waals surface area contributed by atoms with Crippen LogP contribution in [0.2, 0.25) is 0 Å². The van der Waals surface area contributed by atoms with Gasteiger partial charge in [0.05, 0.1) is 0 Å². The second kappa shape index (κ2) is 7.09. The van der Waals surface area contributed by atoms with Crippen molar-refractivity contribution in [3.8, 4) is 12.3 Å². The van der Waals surface area contributed by atoms with Crippen LogP contribution < -0.4 is 5.73 Å². The van der Waals surface area contributed by atoms with Crippen LogP contribution in [0.25, 0.3) is 0 Å². The molecule has 0 fully saturated rings. The van der Waals surface area contributed by atoms with Crippen molar-refractivity contribution in [2.75, 3.05) is 0 Å². The Morgan fingerprint density at radius 1 is 1.38 bits per heavy atom. The summed E-state index contributed by atoms with van der Waals surface area (Å²) in [6.07, 6.45) is 10.3. The summed E-state index contributed by atoms with van der Waals surface area (Å²) in [6, 6.07) is 8.91. The SMILES string of the molecule is C#CCCCC(N)CCc1cccc(C)c1. The van der Waals surface area contributed by atoms with Crippen LogP contribution in [0.3, 0.4) is 0 Å². The van der Waals surface area contributed by atoms with E-state index in [4.69, 9.17) is 12.2 Å². The minimum absolute atomic E-state index is 0.286. The van der Waals surface area contributed by atoms with E-state index >= 15 is 0 Å². The predicted octanol–water partition coefficient (Wildman–Crippen LogP) is 3.06. The fourth-order valence-corrected chi connectivity index (χ4v) is 1.83. The zero-order chi connectivity index (χ0) is 11.8. The Kier molecular flexibility index (Phi) is 5.67. The average Bonchev–Trinajstić information content (AvgIpc) is 2.27. The molecule has 0 aliphatic heterocycles. The monoisotopic (exact) mass is 215 g/mol. The Morgan fingerprint density at radius 2 is 2.19 bits per heavy atom. The van der Waals surface area contributed by atoms with E-state index < -0.39 is 0 Å². The van der Waals surface area contributed by atoms with Crippen LogP contribution >= 0.6 is 0 Å². The Bertz CT molecular complexity index is 349. The topological polar surface area (TPSA) is 26.0 Å². The van der Waals surface area contributed by atoms with Gasteiger partial charge in [0.2, 0.25) is 0 Å². The van der Waals surface area contributed by atoms with E-state index in [0.717, 1.165) is 32.1 Å². The second-order valence-electron chi connectivity index (χ2n) is 4.38. The highest BCUT2D eigenvalue weighted by atomic mass is 14.6. The molecule has 2 N–H and O–H groups in total. The van der Waals surface area contributed by atoms with Crippen LogP contribution in [-0.2, 0) is 6.42 Å². The van der Waals surface area contributed by atoms with Gasteiger partial charge in [0.1, 0.15) is 0 Å². The van der Waals surface area contributed by atoms with E-state index in [1.54, 1.807) is 0 Å². The van der Waals surface area contributed by atoms with Gasteiger partial charge in [-0.05, 0) is 38.2 Å². The number of benzene rings is 1. The van der Waals surface area contributed by atoms with Gasteiger partial charge in [-0.3, -0.25) is 0 Å². The smallest absolute Gasteiger partial charge is 0.00866 e. The number of hydrogen-bond donors (Lipinski definition) is 1. The molecule has 0 saturated carbocycles. The summed E-state index contributed by atoms with van der Waals surface area (Å²) in [5.41, 5.74) is 8.73. The van der Waals surface area contributed by atoms with Crippen LogP contribution in [0.15, 0.2) is 24.3 Å². The molecule has 0 radical (unpaired) electrons. The highest BCUT2D eigenvalue weighted by Crippen LogP contribution is 2.10. The predicted molar refractivity (Wildman–Crippen MR) is 70.2 cm³/mol. The standard InChI is InChI=1S/C15H21N/c1-3-4-5-9-15(16)11-10-14-8-6-7-13(2)12-14/h1,6-8,12,15H,4-5,9-11,16H2,2H3. The molecule has 1 atom stereocenters. The van der Waals surface area contributed by atoms with E-state index in [9.17, 15) is 0 Å². The summed E-state index contributed by atoms with van der Waals surface area (Å²) in [5.74, 6) is 2.65. The van der Waals surface area contributed by atoms with Gasteiger partial charge >= 0.3 is 0 Å². The molecule has 0 amide bonds. The molecule has 0 aliphatic rings. The Morgan fingerprint density at radius 3 is 2.88 bits per heavy atom.